The van der Waals surface area contributed by atoms with Crippen LogP contribution in [-0.2, 0) is 14.3 Å². The summed E-state index contributed by atoms with van der Waals surface area (Å²) in [7, 11) is 0. The lowest BCUT2D eigenvalue weighted by Crippen LogP contribution is -2.40. The molecule has 1 saturated carbocycles. The van der Waals surface area contributed by atoms with Crippen LogP contribution in [-0.4, -0.2) is 24.8 Å². The normalized spacial score (nSPS) is 40.9. The maximum Gasteiger partial charge on any atom is 0.191 e. The van der Waals surface area contributed by atoms with Crippen molar-refractivity contribution >= 4 is 5.78 Å². The van der Waals surface area contributed by atoms with E-state index in [9.17, 15) is 4.79 Å². The molecule has 4 aliphatic carbocycles. The summed E-state index contributed by atoms with van der Waals surface area (Å²) in [5.41, 5.74) is 4.47. The van der Waals surface area contributed by atoms with Crippen molar-refractivity contribution in [2.75, 3.05) is 13.2 Å². The third-order valence-electron chi connectivity index (χ3n) is 6.73. The van der Waals surface area contributed by atoms with Crippen LogP contribution in [0.5, 0.6) is 0 Å². The Balaban J connectivity index is 1.58. The van der Waals surface area contributed by atoms with Gasteiger partial charge >= 0.3 is 0 Å². The van der Waals surface area contributed by atoms with Gasteiger partial charge in [-0.05, 0) is 60.3 Å². The van der Waals surface area contributed by atoms with Gasteiger partial charge in [0.1, 0.15) is 5.78 Å². The summed E-state index contributed by atoms with van der Waals surface area (Å²) in [4.78, 5) is 12.1. The molecule has 122 valence electrons. The standard InChI is InChI=1S/C20H24O3/c1-12-10-18-13(11-20(12)22-8-9-23-20)2-3-14-15-6-7-19(21)17(15)5-4-16(14)18/h4-5,11-12,14-15,17H,2-3,6-10H2,1H3/t12?,14-,15-,17-/m0/s1. The van der Waals surface area contributed by atoms with Crippen LogP contribution in [0, 0.1) is 23.7 Å². The molecule has 0 N–H and O–H groups in total. The van der Waals surface area contributed by atoms with E-state index in [2.05, 4.69) is 25.2 Å². The number of carbonyl (C=O) groups excluding carboxylic acids is 1. The SMILES string of the molecule is CC1CC2=C3C=C[C@@H]4C(=O)CC[C@H]4[C@@H]3CCC2=CC12OCCO2. The van der Waals surface area contributed by atoms with Crippen LogP contribution in [0.15, 0.2) is 34.9 Å². The van der Waals surface area contributed by atoms with Gasteiger partial charge < -0.3 is 9.47 Å². The number of hydrogen-bond donors (Lipinski definition) is 0. The third-order valence-corrected chi connectivity index (χ3v) is 6.73. The first-order chi connectivity index (χ1) is 11.2. The van der Waals surface area contributed by atoms with E-state index in [0.717, 1.165) is 25.7 Å². The molecule has 5 aliphatic rings. The zero-order valence-electron chi connectivity index (χ0n) is 13.7. The van der Waals surface area contributed by atoms with Crippen molar-refractivity contribution in [1.29, 1.82) is 0 Å². The molecule has 1 unspecified atom stereocenters. The van der Waals surface area contributed by atoms with E-state index in [0.29, 0.717) is 36.8 Å². The summed E-state index contributed by atoms with van der Waals surface area (Å²) in [5, 5.41) is 0. The Morgan fingerprint density at radius 3 is 2.83 bits per heavy atom. The molecule has 3 nitrogen and oxygen atoms in total. The lowest BCUT2D eigenvalue weighted by atomic mass is 9.64. The van der Waals surface area contributed by atoms with Gasteiger partial charge in [0.2, 0.25) is 0 Å². The Bertz CT molecular complexity index is 648. The Labute approximate surface area is 137 Å². The van der Waals surface area contributed by atoms with Crippen LogP contribution in [0.1, 0.15) is 39.0 Å². The Hall–Kier alpha value is -1.19. The van der Waals surface area contributed by atoms with E-state index in [1.807, 2.05) is 0 Å². The molecule has 0 amide bonds. The number of allylic oxidation sites excluding steroid dienone is 5. The summed E-state index contributed by atoms with van der Waals surface area (Å²) in [6, 6.07) is 0. The topological polar surface area (TPSA) is 35.5 Å². The number of ether oxygens (including phenoxy) is 2. The van der Waals surface area contributed by atoms with Gasteiger partial charge in [0.25, 0.3) is 0 Å². The Morgan fingerprint density at radius 2 is 2.00 bits per heavy atom. The molecular formula is C20H24O3. The maximum atomic E-state index is 12.1. The fourth-order valence-electron chi connectivity index (χ4n) is 5.55. The van der Waals surface area contributed by atoms with Crippen molar-refractivity contribution in [3.05, 3.63) is 34.9 Å². The van der Waals surface area contributed by atoms with E-state index >= 15 is 0 Å². The minimum Gasteiger partial charge on any atom is -0.344 e. The van der Waals surface area contributed by atoms with Gasteiger partial charge in [-0.1, -0.05) is 19.1 Å². The monoisotopic (exact) mass is 312 g/mol. The minimum absolute atomic E-state index is 0.198. The second kappa shape index (κ2) is 4.90. The fraction of sp³-hybridized carbons (Fsp3) is 0.650. The van der Waals surface area contributed by atoms with Gasteiger partial charge in [-0.2, -0.15) is 0 Å². The summed E-state index contributed by atoms with van der Waals surface area (Å²) >= 11 is 0. The fourth-order valence-corrected chi connectivity index (χ4v) is 5.55. The number of hydrogen-bond acceptors (Lipinski definition) is 3. The minimum atomic E-state index is -0.476. The largest absolute Gasteiger partial charge is 0.344 e. The Morgan fingerprint density at radius 1 is 1.17 bits per heavy atom. The second-order valence-corrected chi connectivity index (χ2v) is 7.83. The van der Waals surface area contributed by atoms with E-state index in [-0.39, 0.29) is 5.92 Å². The summed E-state index contributed by atoms with van der Waals surface area (Å²) in [6.07, 6.45) is 11.9. The van der Waals surface area contributed by atoms with Crippen LogP contribution in [0.2, 0.25) is 0 Å². The quantitative estimate of drug-likeness (QED) is 0.686. The predicted octanol–water partition coefficient (Wildman–Crippen LogP) is 3.57. The van der Waals surface area contributed by atoms with Crippen molar-refractivity contribution in [3.63, 3.8) is 0 Å². The van der Waals surface area contributed by atoms with Crippen molar-refractivity contribution in [2.45, 2.75) is 44.8 Å². The van der Waals surface area contributed by atoms with Crippen molar-refractivity contribution in [2.24, 2.45) is 23.7 Å². The third kappa shape index (κ3) is 1.93. The highest BCUT2D eigenvalue weighted by molar-refractivity contribution is 5.85. The highest BCUT2D eigenvalue weighted by Gasteiger charge is 2.48. The van der Waals surface area contributed by atoms with Gasteiger partial charge in [0.05, 0.1) is 13.2 Å². The molecule has 1 saturated heterocycles. The number of fused-ring (bicyclic) bond motifs is 4. The number of carbonyl (C=O) groups is 1. The van der Waals surface area contributed by atoms with Gasteiger partial charge in [0, 0.05) is 18.3 Å². The summed E-state index contributed by atoms with van der Waals surface area (Å²) in [5.74, 6) is 1.68. The predicted molar refractivity (Wildman–Crippen MR) is 86.6 cm³/mol. The zero-order chi connectivity index (χ0) is 15.6. The first-order valence-electron chi connectivity index (χ1n) is 9.12. The molecule has 0 aromatic carbocycles. The molecule has 0 aromatic heterocycles. The average Bonchev–Trinajstić information content (AvgIpc) is 3.17. The molecule has 1 spiro atoms. The molecule has 1 aliphatic heterocycles. The molecule has 1 heterocycles. The molecule has 23 heavy (non-hydrogen) atoms. The first-order valence-corrected chi connectivity index (χ1v) is 9.12. The average molecular weight is 312 g/mol. The van der Waals surface area contributed by atoms with Crippen LogP contribution in [0.4, 0.5) is 0 Å². The molecule has 5 rings (SSSR count). The summed E-state index contributed by atoms with van der Waals surface area (Å²) < 4.78 is 12.0. The van der Waals surface area contributed by atoms with Crippen molar-refractivity contribution in [1.82, 2.24) is 0 Å². The van der Waals surface area contributed by atoms with Crippen LogP contribution < -0.4 is 0 Å². The lowest BCUT2D eigenvalue weighted by Gasteiger charge is -2.43. The molecule has 2 fully saturated rings. The van der Waals surface area contributed by atoms with Crippen molar-refractivity contribution in [3.8, 4) is 0 Å². The van der Waals surface area contributed by atoms with E-state index in [4.69, 9.17) is 9.47 Å². The smallest absolute Gasteiger partial charge is 0.191 e. The number of ketones is 1. The van der Waals surface area contributed by atoms with Crippen LogP contribution >= 0.6 is 0 Å². The van der Waals surface area contributed by atoms with E-state index in [1.54, 1.807) is 0 Å². The molecule has 3 heteroatoms. The molecule has 0 radical (unpaired) electrons. The highest BCUT2D eigenvalue weighted by Crippen LogP contribution is 2.53. The Kier molecular flexibility index (Phi) is 3.02. The number of Topliss-reactive ketones (excluding diaryl/α,β-unsaturated/α-hetero) is 1. The molecule has 4 atom stereocenters. The van der Waals surface area contributed by atoms with Gasteiger partial charge in [0.15, 0.2) is 5.79 Å². The molecular weight excluding hydrogens is 288 g/mol. The van der Waals surface area contributed by atoms with Crippen LogP contribution in [0.3, 0.4) is 0 Å². The van der Waals surface area contributed by atoms with Crippen molar-refractivity contribution < 1.29 is 14.3 Å². The lowest BCUT2D eigenvalue weighted by molar-refractivity contribution is -0.155. The second-order valence-electron chi connectivity index (χ2n) is 7.83. The van der Waals surface area contributed by atoms with Gasteiger partial charge in [-0.15, -0.1) is 0 Å². The molecule has 0 bridgehead atoms. The van der Waals surface area contributed by atoms with Gasteiger partial charge in [-0.3, -0.25) is 4.79 Å². The summed E-state index contributed by atoms with van der Waals surface area (Å²) in [6.45, 7) is 3.65. The van der Waals surface area contributed by atoms with E-state index < -0.39 is 5.79 Å². The maximum absolute atomic E-state index is 12.1. The van der Waals surface area contributed by atoms with Crippen LogP contribution in [0.25, 0.3) is 0 Å². The first kappa shape index (κ1) is 14.2. The van der Waals surface area contributed by atoms with Gasteiger partial charge in [-0.25, -0.2) is 0 Å². The van der Waals surface area contributed by atoms with E-state index in [1.165, 1.54) is 23.1 Å². The zero-order valence-corrected chi connectivity index (χ0v) is 13.7. The molecule has 0 aromatic rings. The highest BCUT2D eigenvalue weighted by atomic mass is 16.7. The number of rotatable bonds is 0.